The standard InChI is InChI=1S/C25H25N5O3/c1-15-10-16(2)12-19(11-15)30-20(18-8-6-5-7-9-18)14-28-21-22(26-24(28)30)27(4)25(33)29(23(21)32)13-17(3)31/h5-12,14,21-22H,13H2,1-4H3. The summed E-state index contributed by atoms with van der Waals surface area (Å²) in [5.74, 6) is -0.0731. The predicted octanol–water partition coefficient (Wildman–Crippen LogP) is 2.97. The van der Waals surface area contributed by atoms with Gasteiger partial charge in [0.25, 0.3) is 5.91 Å². The molecule has 168 valence electrons. The Kier molecular flexibility index (Phi) is 4.81. The van der Waals surface area contributed by atoms with Crippen LogP contribution in [0.15, 0.2) is 59.7 Å². The van der Waals surface area contributed by atoms with E-state index in [1.807, 2.05) is 60.2 Å². The van der Waals surface area contributed by atoms with E-state index in [-0.39, 0.29) is 12.3 Å². The first kappa shape index (κ1) is 20.9. The second kappa shape index (κ2) is 7.58. The maximum Gasteiger partial charge on any atom is 0.328 e. The van der Waals surface area contributed by atoms with Gasteiger partial charge in [0, 0.05) is 24.5 Å². The van der Waals surface area contributed by atoms with Crippen LogP contribution >= 0.6 is 0 Å². The predicted molar refractivity (Wildman–Crippen MR) is 125 cm³/mol. The van der Waals surface area contributed by atoms with Gasteiger partial charge in [0.05, 0.1) is 12.2 Å². The van der Waals surface area contributed by atoms with Crippen LogP contribution in [0.2, 0.25) is 0 Å². The van der Waals surface area contributed by atoms with Gasteiger partial charge >= 0.3 is 6.03 Å². The number of carbonyl (C=O) groups excluding carboxylic acids is 3. The van der Waals surface area contributed by atoms with Gasteiger partial charge in [-0.3, -0.25) is 24.3 Å². The Morgan fingerprint density at radius 1 is 1.03 bits per heavy atom. The number of benzene rings is 2. The van der Waals surface area contributed by atoms with Crippen molar-refractivity contribution in [3.05, 3.63) is 71.4 Å². The van der Waals surface area contributed by atoms with Gasteiger partial charge in [-0.25, -0.2) is 9.79 Å². The molecule has 2 aromatic rings. The highest BCUT2D eigenvalue weighted by atomic mass is 16.2. The lowest BCUT2D eigenvalue weighted by atomic mass is 10.1. The van der Waals surface area contributed by atoms with Crippen molar-refractivity contribution in [2.75, 3.05) is 18.5 Å². The Balaban J connectivity index is 1.63. The van der Waals surface area contributed by atoms with E-state index in [0.29, 0.717) is 5.96 Å². The molecule has 33 heavy (non-hydrogen) atoms. The second-order valence-electron chi connectivity index (χ2n) is 8.78. The third kappa shape index (κ3) is 3.29. The van der Waals surface area contributed by atoms with Crippen LogP contribution in [0.4, 0.5) is 10.5 Å². The van der Waals surface area contributed by atoms with E-state index in [2.05, 4.69) is 18.2 Å². The van der Waals surface area contributed by atoms with E-state index >= 15 is 0 Å². The average Bonchev–Trinajstić information content (AvgIpc) is 3.31. The fraction of sp³-hybridized carbons (Fsp3) is 0.280. The summed E-state index contributed by atoms with van der Waals surface area (Å²) in [6.07, 6.45) is 1.26. The number of Topliss-reactive ketones (excluding diaryl/α,β-unsaturated/α-hetero) is 1. The number of urea groups is 1. The van der Waals surface area contributed by atoms with E-state index < -0.39 is 24.1 Å². The number of aryl methyl sites for hydroxylation is 2. The molecule has 2 aromatic carbocycles. The van der Waals surface area contributed by atoms with Crippen molar-refractivity contribution >= 4 is 35.1 Å². The maximum absolute atomic E-state index is 13.4. The minimum atomic E-state index is -0.725. The Bertz CT molecular complexity index is 1220. The van der Waals surface area contributed by atoms with Crippen molar-refractivity contribution in [1.29, 1.82) is 0 Å². The second-order valence-corrected chi connectivity index (χ2v) is 8.78. The van der Waals surface area contributed by atoms with Gasteiger partial charge in [-0.2, -0.15) is 0 Å². The number of imide groups is 1. The monoisotopic (exact) mass is 443 g/mol. The van der Waals surface area contributed by atoms with E-state index in [1.54, 1.807) is 7.05 Å². The van der Waals surface area contributed by atoms with Crippen LogP contribution in [0.5, 0.6) is 0 Å². The highest BCUT2D eigenvalue weighted by Crippen LogP contribution is 2.40. The highest BCUT2D eigenvalue weighted by molar-refractivity contribution is 6.16. The zero-order chi connectivity index (χ0) is 23.4. The van der Waals surface area contributed by atoms with Crippen LogP contribution in [-0.4, -0.2) is 64.2 Å². The fourth-order valence-electron chi connectivity index (χ4n) is 4.75. The topological polar surface area (TPSA) is 76.5 Å². The van der Waals surface area contributed by atoms with Gasteiger partial charge in [0.2, 0.25) is 5.96 Å². The first-order valence-electron chi connectivity index (χ1n) is 10.9. The van der Waals surface area contributed by atoms with Crippen molar-refractivity contribution in [2.24, 2.45) is 4.99 Å². The number of ketones is 1. The third-order valence-corrected chi connectivity index (χ3v) is 6.13. The summed E-state index contributed by atoms with van der Waals surface area (Å²) in [6.45, 7) is 5.21. The van der Waals surface area contributed by atoms with E-state index in [1.165, 1.54) is 11.8 Å². The molecule has 0 saturated carbocycles. The largest absolute Gasteiger partial charge is 0.328 e. The van der Waals surface area contributed by atoms with Crippen molar-refractivity contribution in [3.8, 4) is 0 Å². The van der Waals surface area contributed by atoms with E-state index in [9.17, 15) is 14.4 Å². The average molecular weight is 444 g/mol. The number of hydrogen-bond acceptors (Lipinski definition) is 6. The summed E-state index contributed by atoms with van der Waals surface area (Å²) in [5.41, 5.74) is 5.04. The summed E-state index contributed by atoms with van der Waals surface area (Å²) in [5, 5.41) is 0. The Morgan fingerprint density at radius 2 is 1.70 bits per heavy atom. The lowest BCUT2D eigenvalue weighted by Crippen LogP contribution is -2.64. The van der Waals surface area contributed by atoms with E-state index in [4.69, 9.17) is 4.99 Å². The van der Waals surface area contributed by atoms with Crippen LogP contribution in [0.3, 0.4) is 0 Å². The SMILES string of the molecule is CC(=O)CN1C(=O)C2C(N=C3N(c4cc(C)cc(C)c4)C(c4ccccc4)=CN32)N(C)C1=O. The third-order valence-electron chi connectivity index (χ3n) is 6.13. The van der Waals surface area contributed by atoms with Gasteiger partial charge < -0.3 is 4.90 Å². The van der Waals surface area contributed by atoms with Crippen molar-refractivity contribution in [3.63, 3.8) is 0 Å². The molecular weight excluding hydrogens is 418 g/mol. The van der Waals surface area contributed by atoms with Gasteiger partial charge in [-0.1, -0.05) is 36.4 Å². The summed E-state index contributed by atoms with van der Waals surface area (Å²) in [6, 6.07) is 15.0. The van der Waals surface area contributed by atoms with Gasteiger partial charge in [0.15, 0.2) is 12.2 Å². The number of likely N-dealkylation sites (N-methyl/N-ethyl adjacent to an activating group) is 1. The smallest absolute Gasteiger partial charge is 0.302 e. The number of nitrogens with zero attached hydrogens (tertiary/aromatic N) is 5. The molecule has 5 rings (SSSR count). The van der Waals surface area contributed by atoms with Crippen LogP contribution in [0.1, 0.15) is 23.6 Å². The fourth-order valence-corrected chi connectivity index (χ4v) is 4.75. The molecule has 0 spiro atoms. The summed E-state index contributed by atoms with van der Waals surface area (Å²) >= 11 is 0. The first-order chi connectivity index (χ1) is 15.8. The van der Waals surface area contributed by atoms with Crippen molar-refractivity contribution < 1.29 is 14.4 Å². The summed E-state index contributed by atoms with van der Waals surface area (Å²) in [7, 11) is 1.62. The molecule has 3 amide bonds. The molecule has 3 aliphatic heterocycles. The molecule has 2 unspecified atom stereocenters. The Labute approximate surface area is 192 Å². The van der Waals surface area contributed by atoms with Crippen LogP contribution in [0, 0.1) is 13.8 Å². The van der Waals surface area contributed by atoms with Gasteiger partial charge in [-0.15, -0.1) is 0 Å². The number of carbonyl (C=O) groups is 3. The minimum absolute atomic E-state index is 0.246. The van der Waals surface area contributed by atoms with Crippen molar-refractivity contribution in [1.82, 2.24) is 14.7 Å². The minimum Gasteiger partial charge on any atom is -0.302 e. The lowest BCUT2D eigenvalue weighted by Gasteiger charge is -2.39. The number of aliphatic imine (C=N–C) groups is 1. The van der Waals surface area contributed by atoms with Crippen LogP contribution in [-0.2, 0) is 9.59 Å². The summed E-state index contributed by atoms with van der Waals surface area (Å²) < 4.78 is 0. The number of guanidine groups is 1. The molecule has 0 N–H and O–H groups in total. The zero-order valence-electron chi connectivity index (χ0n) is 19.0. The molecule has 0 aromatic heterocycles. The van der Waals surface area contributed by atoms with Gasteiger partial charge in [-0.05, 0) is 44.0 Å². The molecule has 8 nitrogen and oxygen atoms in total. The molecule has 3 heterocycles. The lowest BCUT2D eigenvalue weighted by molar-refractivity contribution is -0.139. The molecule has 8 heteroatoms. The van der Waals surface area contributed by atoms with Gasteiger partial charge in [0.1, 0.15) is 5.78 Å². The number of hydrogen-bond donors (Lipinski definition) is 0. The number of fused-ring (bicyclic) bond motifs is 3. The number of rotatable bonds is 4. The molecule has 0 aliphatic carbocycles. The van der Waals surface area contributed by atoms with Crippen molar-refractivity contribution in [2.45, 2.75) is 33.0 Å². The molecule has 3 aliphatic rings. The quantitative estimate of drug-likeness (QED) is 0.726. The molecule has 0 radical (unpaired) electrons. The normalized spacial score (nSPS) is 21.8. The molecule has 1 fully saturated rings. The first-order valence-corrected chi connectivity index (χ1v) is 10.9. The number of amides is 3. The van der Waals surface area contributed by atoms with Crippen LogP contribution < -0.4 is 4.90 Å². The molecule has 2 atom stereocenters. The highest BCUT2D eigenvalue weighted by Gasteiger charge is 2.55. The number of anilines is 1. The molecule has 0 bridgehead atoms. The Hall–Kier alpha value is -3.94. The molecular formula is C25H25N5O3. The molecule has 1 saturated heterocycles. The van der Waals surface area contributed by atoms with E-state index in [0.717, 1.165) is 33.0 Å². The van der Waals surface area contributed by atoms with Crippen LogP contribution in [0.25, 0.3) is 5.70 Å². The zero-order valence-corrected chi connectivity index (χ0v) is 19.0. The Morgan fingerprint density at radius 3 is 2.33 bits per heavy atom. The maximum atomic E-state index is 13.4. The summed E-state index contributed by atoms with van der Waals surface area (Å²) in [4.78, 5) is 49.1.